The lowest BCUT2D eigenvalue weighted by molar-refractivity contribution is 1.28. The van der Waals surface area contributed by atoms with Crippen LogP contribution >= 0.6 is 0 Å². The minimum Gasteiger partial charge on any atom is -0.361 e. The Balaban J connectivity index is 2.96. The van der Waals surface area contributed by atoms with E-state index in [0.29, 0.717) is 0 Å². The third-order valence-electron chi connectivity index (χ3n) is 1.54. The van der Waals surface area contributed by atoms with Gasteiger partial charge < -0.3 is 4.98 Å². The van der Waals surface area contributed by atoms with Crippen molar-refractivity contribution in [3.63, 3.8) is 0 Å². The average molecular weight is 146 g/mol. The molecule has 0 saturated carbocycles. The van der Waals surface area contributed by atoms with E-state index in [0.717, 1.165) is 10.9 Å². The minimum atomic E-state index is -0.213. The number of nitrogens with zero attached hydrogens (tertiary/aromatic N) is 1. The molecule has 0 fully saturated rings. The molecule has 0 spiro atoms. The average Bonchev–Trinajstić information content (AvgIpc) is 2.38. The molecule has 0 aliphatic carbocycles. The normalized spacial score (nSPS) is 10.2. The van der Waals surface area contributed by atoms with Gasteiger partial charge in [-0.05, 0) is 12.1 Å². The van der Waals surface area contributed by atoms with Gasteiger partial charge in [-0.1, -0.05) is 0 Å². The first-order valence-corrected chi connectivity index (χ1v) is 3.30. The van der Waals surface area contributed by atoms with E-state index in [1.54, 1.807) is 12.3 Å². The first-order chi connectivity index (χ1) is 5.36. The van der Waals surface area contributed by atoms with Crippen molar-refractivity contribution in [1.29, 1.82) is 0 Å². The highest BCUT2D eigenvalue weighted by atomic mass is 16.1. The third kappa shape index (κ3) is 1.00. The van der Waals surface area contributed by atoms with Gasteiger partial charge in [-0.3, -0.25) is 4.79 Å². The van der Waals surface area contributed by atoms with Crippen molar-refractivity contribution in [1.82, 2.24) is 9.97 Å². The maximum Gasteiger partial charge on any atom is 0.269 e. The maximum absolute atomic E-state index is 10.8. The number of fused-ring (bicyclic) bond motifs is 1. The number of hydrogen-bond acceptors (Lipinski definition) is 2. The lowest BCUT2D eigenvalue weighted by Crippen LogP contribution is -1.96. The van der Waals surface area contributed by atoms with Gasteiger partial charge in [0.2, 0.25) is 0 Å². The zero-order valence-electron chi connectivity index (χ0n) is 5.74. The second kappa shape index (κ2) is 2.20. The summed E-state index contributed by atoms with van der Waals surface area (Å²) < 4.78 is 0. The van der Waals surface area contributed by atoms with E-state index in [2.05, 4.69) is 9.97 Å². The van der Waals surface area contributed by atoms with Gasteiger partial charge >= 0.3 is 0 Å². The summed E-state index contributed by atoms with van der Waals surface area (Å²) in [5, 5.41) is 0.951. The molecule has 11 heavy (non-hydrogen) atoms. The van der Waals surface area contributed by atoms with Crippen LogP contribution in [0, 0.1) is 0 Å². The van der Waals surface area contributed by atoms with Crippen LogP contribution < -0.4 is 5.56 Å². The second-order valence-electron chi connectivity index (χ2n) is 2.28. The first-order valence-electron chi connectivity index (χ1n) is 3.30. The Morgan fingerprint density at radius 1 is 1.27 bits per heavy atom. The second-order valence-corrected chi connectivity index (χ2v) is 2.28. The molecule has 0 amide bonds. The van der Waals surface area contributed by atoms with Crippen LogP contribution in [0.2, 0.25) is 0 Å². The van der Waals surface area contributed by atoms with Crippen molar-refractivity contribution in [3.05, 3.63) is 40.9 Å². The SMILES string of the molecule is O=c1ccc2[nH]ccc2cn1. The van der Waals surface area contributed by atoms with E-state index in [1.165, 1.54) is 6.07 Å². The predicted molar refractivity (Wildman–Crippen MR) is 42.4 cm³/mol. The Morgan fingerprint density at radius 3 is 3.09 bits per heavy atom. The number of H-pyrrole nitrogens is 1. The summed E-state index contributed by atoms with van der Waals surface area (Å²) in [5.41, 5.74) is 0.717. The molecule has 3 heteroatoms. The standard InChI is InChI=1S/C8H6N2O/c11-8-2-1-7-6(5-10-8)3-4-9-7/h1-5,9H. The molecule has 0 aromatic carbocycles. The van der Waals surface area contributed by atoms with Gasteiger partial charge in [0.15, 0.2) is 0 Å². The van der Waals surface area contributed by atoms with Crippen molar-refractivity contribution < 1.29 is 0 Å². The molecule has 0 bridgehead atoms. The van der Waals surface area contributed by atoms with Crippen LogP contribution in [-0.2, 0) is 0 Å². The molecule has 2 aromatic rings. The van der Waals surface area contributed by atoms with E-state index in [-0.39, 0.29) is 5.56 Å². The van der Waals surface area contributed by atoms with Crippen molar-refractivity contribution in [3.8, 4) is 0 Å². The molecular formula is C8H6N2O. The van der Waals surface area contributed by atoms with Crippen LogP contribution in [0.25, 0.3) is 10.9 Å². The van der Waals surface area contributed by atoms with E-state index >= 15 is 0 Å². The van der Waals surface area contributed by atoms with Crippen LogP contribution in [-0.4, -0.2) is 9.97 Å². The third-order valence-corrected chi connectivity index (χ3v) is 1.54. The lowest BCUT2D eigenvalue weighted by Gasteiger charge is -1.73. The molecule has 0 atom stereocenters. The van der Waals surface area contributed by atoms with E-state index in [1.807, 2.05) is 12.3 Å². The zero-order valence-corrected chi connectivity index (χ0v) is 5.74. The van der Waals surface area contributed by atoms with Crippen LogP contribution in [0.4, 0.5) is 0 Å². The molecule has 54 valence electrons. The molecule has 0 saturated heterocycles. The summed E-state index contributed by atoms with van der Waals surface area (Å²) >= 11 is 0. The van der Waals surface area contributed by atoms with Gasteiger partial charge in [0, 0.05) is 29.4 Å². The molecule has 3 nitrogen and oxygen atoms in total. The fourth-order valence-corrected chi connectivity index (χ4v) is 0.982. The number of hydrogen-bond donors (Lipinski definition) is 1. The number of aromatic amines is 1. The molecule has 0 aliphatic heterocycles. The quantitative estimate of drug-likeness (QED) is 0.600. The molecule has 2 heterocycles. The minimum absolute atomic E-state index is 0.213. The topological polar surface area (TPSA) is 45.8 Å². The maximum atomic E-state index is 10.8. The molecule has 2 rings (SSSR count). The Hall–Kier alpha value is -1.64. The van der Waals surface area contributed by atoms with Gasteiger partial charge in [-0.2, -0.15) is 0 Å². The Morgan fingerprint density at radius 2 is 2.18 bits per heavy atom. The Labute approximate surface area is 62.7 Å². The Kier molecular flexibility index (Phi) is 1.22. The summed E-state index contributed by atoms with van der Waals surface area (Å²) in [5.74, 6) is 0. The predicted octanol–water partition coefficient (Wildman–Crippen LogP) is 0.923. The van der Waals surface area contributed by atoms with Crippen LogP contribution in [0.15, 0.2) is 35.4 Å². The van der Waals surface area contributed by atoms with Crippen molar-refractivity contribution >= 4 is 10.9 Å². The zero-order chi connectivity index (χ0) is 7.68. The van der Waals surface area contributed by atoms with Gasteiger partial charge in [0.05, 0.1) is 0 Å². The fraction of sp³-hybridized carbons (Fsp3) is 0. The highest BCUT2D eigenvalue weighted by molar-refractivity contribution is 5.77. The largest absolute Gasteiger partial charge is 0.361 e. The fourth-order valence-electron chi connectivity index (χ4n) is 0.982. The van der Waals surface area contributed by atoms with E-state index < -0.39 is 0 Å². The monoisotopic (exact) mass is 146 g/mol. The number of nitrogens with one attached hydrogen (secondary N) is 1. The van der Waals surface area contributed by atoms with Gasteiger partial charge in [0.1, 0.15) is 0 Å². The molecule has 0 unspecified atom stereocenters. The summed E-state index contributed by atoms with van der Waals surface area (Å²) in [6.45, 7) is 0. The molecule has 1 N–H and O–H groups in total. The Bertz CT molecular complexity index is 396. The van der Waals surface area contributed by atoms with E-state index in [9.17, 15) is 4.79 Å². The molecular weight excluding hydrogens is 140 g/mol. The first kappa shape index (κ1) is 6.09. The molecule has 2 aromatic heterocycles. The van der Waals surface area contributed by atoms with Gasteiger partial charge in [0.25, 0.3) is 5.56 Å². The van der Waals surface area contributed by atoms with Crippen LogP contribution in [0.3, 0.4) is 0 Å². The van der Waals surface area contributed by atoms with Gasteiger partial charge in [-0.25, -0.2) is 4.98 Å². The highest BCUT2D eigenvalue weighted by Crippen LogP contribution is 2.05. The van der Waals surface area contributed by atoms with Crippen molar-refractivity contribution in [2.45, 2.75) is 0 Å². The highest BCUT2D eigenvalue weighted by Gasteiger charge is 1.89. The summed E-state index contributed by atoms with van der Waals surface area (Å²) in [4.78, 5) is 17.4. The summed E-state index contributed by atoms with van der Waals surface area (Å²) in [7, 11) is 0. The van der Waals surface area contributed by atoms with Crippen molar-refractivity contribution in [2.24, 2.45) is 0 Å². The molecule has 0 radical (unpaired) electrons. The van der Waals surface area contributed by atoms with Crippen LogP contribution in [0.1, 0.15) is 0 Å². The van der Waals surface area contributed by atoms with Crippen LogP contribution in [0.5, 0.6) is 0 Å². The summed E-state index contributed by atoms with van der Waals surface area (Å²) in [6.07, 6.45) is 3.38. The number of aromatic nitrogens is 2. The van der Waals surface area contributed by atoms with E-state index in [4.69, 9.17) is 0 Å². The lowest BCUT2D eigenvalue weighted by atomic mass is 10.4. The van der Waals surface area contributed by atoms with Crippen molar-refractivity contribution in [2.75, 3.05) is 0 Å². The molecule has 0 aliphatic rings. The number of rotatable bonds is 0. The summed E-state index contributed by atoms with van der Waals surface area (Å²) in [6, 6.07) is 5.05. The smallest absolute Gasteiger partial charge is 0.269 e. The van der Waals surface area contributed by atoms with Gasteiger partial charge in [-0.15, -0.1) is 0 Å².